The van der Waals surface area contributed by atoms with Crippen LogP contribution >= 0.6 is 0 Å². The van der Waals surface area contributed by atoms with E-state index >= 15 is 0 Å². The molecular weight excluding hydrogens is 851 g/mol. The Morgan fingerprint density at radius 3 is 1.36 bits per heavy atom. The summed E-state index contributed by atoms with van der Waals surface area (Å²) in [5, 5.41) is 9.99. The third kappa shape index (κ3) is 6.70. The molecule has 3 heteroatoms. The number of nitrogens with zero attached hydrogens (tertiary/aromatic N) is 1. The Morgan fingerprint density at radius 1 is 0.275 bits per heavy atom. The van der Waals surface area contributed by atoms with E-state index in [0.717, 1.165) is 60.9 Å². The van der Waals surface area contributed by atoms with Crippen LogP contribution in [-0.4, -0.2) is 12.6 Å². The van der Waals surface area contributed by atoms with Gasteiger partial charge in [0.15, 0.2) is 8.07 Å². The van der Waals surface area contributed by atoms with Gasteiger partial charge in [-0.1, -0.05) is 243 Å². The number of hydrogen-bond acceptors (Lipinski definition) is 1. The van der Waals surface area contributed by atoms with Crippen LogP contribution in [0.25, 0.3) is 93.9 Å². The Balaban J connectivity index is 1.13. The molecule has 0 aliphatic rings. The molecule has 13 rings (SSSR count). The third-order valence-corrected chi connectivity index (χ3v) is 18.9. The van der Waals surface area contributed by atoms with Gasteiger partial charge in [-0.15, -0.1) is 0 Å². The van der Waals surface area contributed by atoms with Crippen molar-refractivity contribution in [2.24, 2.45) is 0 Å². The molecule has 0 aliphatic heterocycles. The number of rotatable bonds is 9. The maximum Gasteiger partial charge on any atom is 0.179 e. The maximum absolute atomic E-state index is 6.38. The van der Waals surface area contributed by atoms with Crippen LogP contribution < -0.4 is 20.7 Å². The molecule has 13 aromatic rings. The minimum atomic E-state index is -3.07. The summed E-state index contributed by atoms with van der Waals surface area (Å²) in [7, 11) is -3.07. The smallest absolute Gasteiger partial charge is 0.179 e. The van der Waals surface area contributed by atoms with E-state index in [2.05, 4.69) is 271 Å². The zero-order valence-electron chi connectivity index (χ0n) is 37.8. The molecule has 0 N–H and O–H groups in total. The predicted molar refractivity (Wildman–Crippen MR) is 293 cm³/mol. The van der Waals surface area contributed by atoms with Crippen LogP contribution in [0, 0.1) is 0 Å². The number of aromatic nitrogens is 1. The first-order valence-corrected chi connectivity index (χ1v) is 25.7. The molecule has 0 saturated carbocycles. The van der Waals surface area contributed by atoms with Gasteiger partial charge in [0.2, 0.25) is 0 Å². The summed E-state index contributed by atoms with van der Waals surface area (Å²) in [6.07, 6.45) is 0. The molecule has 69 heavy (non-hydrogen) atoms. The van der Waals surface area contributed by atoms with Gasteiger partial charge in [0.25, 0.3) is 0 Å². The molecular formula is C66H45NOSi. The van der Waals surface area contributed by atoms with E-state index in [1.54, 1.807) is 0 Å². The molecule has 0 unspecified atom stereocenters. The van der Waals surface area contributed by atoms with E-state index in [9.17, 15) is 0 Å². The van der Waals surface area contributed by atoms with Gasteiger partial charge < -0.3 is 8.98 Å². The van der Waals surface area contributed by atoms with Crippen molar-refractivity contribution in [3.8, 4) is 50.2 Å². The average Bonchev–Trinajstić information content (AvgIpc) is 3.98. The number of benzene rings is 11. The highest BCUT2D eigenvalue weighted by atomic mass is 28.3. The fourth-order valence-corrected chi connectivity index (χ4v) is 15.9. The van der Waals surface area contributed by atoms with Crippen LogP contribution in [0.5, 0.6) is 0 Å². The Labute approximate surface area is 402 Å². The normalized spacial score (nSPS) is 11.8. The standard InChI is InChI=1S/C66H45NOSi/c1-6-21-46(22-7-1)47-37-40-53(41-38-47)69(51-27-12-4-13-28-51,52-29-14-5-15-30-52)54-44-58(48-23-8-2-9-24-48)66(59(45-54)49-25-10-3-11-26-49)67-61-34-18-16-31-56(61)60-43-50(39-42-62(60)67)55-33-20-36-64-65(55)57-32-17-19-35-63(57)68-64/h1-45H. The van der Waals surface area contributed by atoms with Crippen molar-refractivity contribution in [2.75, 3.05) is 0 Å². The minimum Gasteiger partial charge on any atom is -0.456 e. The van der Waals surface area contributed by atoms with E-state index in [-0.39, 0.29) is 0 Å². The monoisotopic (exact) mass is 895 g/mol. The van der Waals surface area contributed by atoms with Crippen molar-refractivity contribution in [3.63, 3.8) is 0 Å². The summed E-state index contributed by atoms with van der Waals surface area (Å²) < 4.78 is 8.93. The Morgan fingerprint density at radius 2 is 0.739 bits per heavy atom. The first kappa shape index (κ1) is 40.5. The largest absolute Gasteiger partial charge is 0.456 e. The molecule has 2 aromatic heterocycles. The van der Waals surface area contributed by atoms with Crippen molar-refractivity contribution >= 4 is 72.6 Å². The van der Waals surface area contributed by atoms with E-state index in [1.165, 1.54) is 53.8 Å². The van der Waals surface area contributed by atoms with Gasteiger partial charge in [0.05, 0.1) is 16.7 Å². The van der Waals surface area contributed by atoms with Gasteiger partial charge in [0, 0.05) is 32.7 Å². The summed E-state index contributed by atoms with van der Waals surface area (Å²) in [6.45, 7) is 0. The van der Waals surface area contributed by atoms with E-state index in [0.29, 0.717) is 0 Å². The second kappa shape index (κ2) is 16.8. The molecule has 0 atom stereocenters. The summed E-state index contributed by atoms with van der Waals surface area (Å²) in [4.78, 5) is 0. The molecule has 2 nitrogen and oxygen atoms in total. The molecule has 0 bridgehead atoms. The Kier molecular flexibility index (Phi) is 9.88. The summed E-state index contributed by atoms with van der Waals surface area (Å²) in [6, 6.07) is 101. The quantitative estimate of drug-likeness (QED) is 0.104. The van der Waals surface area contributed by atoms with Crippen molar-refractivity contribution in [1.82, 2.24) is 4.57 Å². The lowest BCUT2D eigenvalue weighted by atomic mass is 9.95. The Bertz CT molecular complexity index is 3870. The van der Waals surface area contributed by atoms with Gasteiger partial charge >= 0.3 is 0 Å². The number of fused-ring (bicyclic) bond motifs is 6. The highest BCUT2D eigenvalue weighted by Crippen LogP contribution is 2.44. The van der Waals surface area contributed by atoms with Crippen LogP contribution in [0.15, 0.2) is 277 Å². The highest BCUT2D eigenvalue weighted by molar-refractivity contribution is 7.20. The fourth-order valence-electron chi connectivity index (χ4n) is 11.1. The van der Waals surface area contributed by atoms with Crippen LogP contribution in [0.2, 0.25) is 0 Å². The molecule has 0 spiro atoms. The lowest BCUT2D eigenvalue weighted by Gasteiger charge is -2.36. The lowest BCUT2D eigenvalue weighted by Crippen LogP contribution is -2.74. The molecule has 2 heterocycles. The number of furan rings is 1. The van der Waals surface area contributed by atoms with Crippen molar-refractivity contribution in [1.29, 1.82) is 0 Å². The van der Waals surface area contributed by atoms with Crippen LogP contribution in [0.4, 0.5) is 0 Å². The summed E-state index contributed by atoms with van der Waals surface area (Å²) >= 11 is 0. The number of para-hydroxylation sites is 2. The van der Waals surface area contributed by atoms with Crippen LogP contribution in [-0.2, 0) is 0 Å². The highest BCUT2D eigenvalue weighted by Gasteiger charge is 2.42. The molecule has 0 amide bonds. The second-order valence-corrected chi connectivity index (χ2v) is 21.7. The van der Waals surface area contributed by atoms with E-state index < -0.39 is 8.07 Å². The van der Waals surface area contributed by atoms with Gasteiger partial charge in [-0.3, -0.25) is 0 Å². The fraction of sp³-hybridized carbons (Fsp3) is 0. The second-order valence-electron chi connectivity index (χ2n) is 17.9. The summed E-state index contributed by atoms with van der Waals surface area (Å²) in [5.41, 5.74) is 14.7. The van der Waals surface area contributed by atoms with Gasteiger partial charge in [0.1, 0.15) is 11.2 Å². The van der Waals surface area contributed by atoms with Gasteiger partial charge in [-0.25, -0.2) is 0 Å². The average molecular weight is 896 g/mol. The molecule has 11 aromatic carbocycles. The third-order valence-electron chi connectivity index (χ3n) is 14.2. The molecule has 0 radical (unpaired) electrons. The van der Waals surface area contributed by atoms with Gasteiger partial charge in [-0.05, 0) is 84.5 Å². The molecule has 324 valence electrons. The molecule has 0 aliphatic carbocycles. The zero-order chi connectivity index (χ0) is 45.7. The Hall–Kier alpha value is -8.76. The van der Waals surface area contributed by atoms with Crippen LogP contribution in [0.1, 0.15) is 0 Å². The first-order chi connectivity index (χ1) is 34.2. The van der Waals surface area contributed by atoms with E-state index in [1.807, 2.05) is 6.07 Å². The molecule has 0 fully saturated rings. The topological polar surface area (TPSA) is 18.1 Å². The first-order valence-electron chi connectivity index (χ1n) is 23.7. The number of hydrogen-bond donors (Lipinski definition) is 0. The minimum absolute atomic E-state index is 0.897. The van der Waals surface area contributed by atoms with Crippen molar-refractivity contribution in [2.45, 2.75) is 0 Å². The SMILES string of the molecule is c1ccc(-c2ccc([Si](c3ccccc3)(c3ccccc3)c3cc(-c4ccccc4)c(-n4c5ccccc5c5cc(-c6cccc7oc8ccccc8c67)ccc54)c(-c4ccccc4)c3)cc2)cc1. The van der Waals surface area contributed by atoms with E-state index in [4.69, 9.17) is 4.42 Å². The predicted octanol–water partition coefficient (Wildman–Crippen LogP) is 14.7. The summed E-state index contributed by atoms with van der Waals surface area (Å²) in [5.74, 6) is 0. The van der Waals surface area contributed by atoms with Crippen LogP contribution in [0.3, 0.4) is 0 Å². The van der Waals surface area contributed by atoms with Crippen molar-refractivity contribution < 1.29 is 4.42 Å². The maximum atomic E-state index is 6.38. The zero-order valence-corrected chi connectivity index (χ0v) is 38.8. The lowest BCUT2D eigenvalue weighted by molar-refractivity contribution is 0.669. The van der Waals surface area contributed by atoms with Crippen molar-refractivity contribution in [3.05, 3.63) is 273 Å². The molecule has 0 saturated heterocycles. The van der Waals surface area contributed by atoms with Gasteiger partial charge in [-0.2, -0.15) is 0 Å².